The zero-order valence-corrected chi connectivity index (χ0v) is 19.9. The minimum absolute atomic E-state index is 0.144. The molecule has 0 spiro atoms. The van der Waals surface area contributed by atoms with Crippen molar-refractivity contribution in [2.45, 2.75) is 32.2 Å². The average molecular weight is 477 g/mol. The molecule has 0 atom stereocenters. The van der Waals surface area contributed by atoms with Crippen molar-refractivity contribution in [2.24, 2.45) is 0 Å². The molecule has 0 bridgehead atoms. The summed E-state index contributed by atoms with van der Waals surface area (Å²) in [4.78, 5) is 12.5. The van der Waals surface area contributed by atoms with E-state index in [0.29, 0.717) is 46.3 Å². The third kappa shape index (κ3) is 5.86. The molecule has 0 radical (unpaired) electrons. The third-order valence-corrected chi connectivity index (χ3v) is 5.81. The lowest BCUT2D eigenvalue weighted by molar-refractivity contribution is -0.113. The van der Waals surface area contributed by atoms with Crippen LogP contribution in [0.25, 0.3) is 0 Å². The number of anilines is 1. The van der Waals surface area contributed by atoms with E-state index in [1.165, 1.54) is 26.0 Å². The van der Waals surface area contributed by atoms with Gasteiger partial charge in [-0.25, -0.2) is 0 Å². The van der Waals surface area contributed by atoms with Gasteiger partial charge in [0.1, 0.15) is 23.9 Å². The number of halogens is 1. The molecule has 8 nitrogen and oxygen atoms in total. The molecule has 32 heavy (non-hydrogen) atoms. The van der Waals surface area contributed by atoms with Gasteiger partial charge in [-0.3, -0.25) is 4.79 Å². The zero-order valence-electron chi connectivity index (χ0n) is 18.3. The van der Waals surface area contributed by atoms with Gasteiger partial charge < -0.3 is 24.1 Å². The summed E-state index contributed by atoms with van der Waals surface area (Å²) in [6, 6.07) is 11.0. The number of amides is 1. The zero-order chi connectivity index (χ0) is 23.1. The number of benzene rings is 2. The van der Waals surface area contributed by atoms with Gasteiger partial charge in [-0.1, -0.05) is 35.5 Å². The van der Waals surface area contributed by atoms with Gasteiger partial charge in [0, 0.05) is 18.7 Å². The molecule has 1 aromatic heterocycles. The van der Waals surface area contributed by atoms with Crippen LogP contribution in [0.1, 0.15) is 18.3 Å². The number of hydrogen-bond donors (Lipinski definition) is 1. The molecule has 3 aromatic rings. The number of carbonyl (C=O) groups excluding carboxylic acids is 1. The van der Waals surface area contributed by atoms with Gasteiger partial charge in [0.15, 0.2) is 11.0 Å². The molecule has 0 unspecified atom stereocenters. The highest BCUT2D eigenvalue weighted by Gasteiger charge is 2.16. The van der Waals surface area contributed by atoms with Gasteiger partial charge >= 0.3 is 0 Å². The lowest BCUT2D eigenvalue weighted by Crippen LogP contribution is -2.15. The van der Waals surface area contributed by atoms with Gasteiger partial charge in [0.05, 0.1) is 30.7 Å². The summed E-state index contributed by atoms with van der Waals surface area (Å²) in [5.41, 5.74) is 1.60. The molecule has 0 aliphatic carbocycles. The molecule has 0 aliphatic rings. The lowest BCUT2D eigenvalue weighted by atomic mass is 10.2. The summed E-state index contributed by atoms with van der Waals surface area (Å²) < 4.78 is 18.3. The summed E-state index contributed by atoms with van der Waals surface area (Å²) in [7, 11) is 3.01. The first-order valence-corrected chi connectivity index (χ1v) is 11.3. The highest BCUT2D eigenvalue weighted by molar-refractivity contribution is 7.99. The summed E-state index contributed by atoms with van der Waals surface area (Å²) in [6.45, 7) is 4.95. The van der Waals surface area contributed by atoms with E-state index in [-0.39, 0.29) is 11.7 Å². The number of hydrogen-bond acceptors (Lipinski definition) is 7. The third-order valence-electron chi connectivity index (χ3n) is 4.55. The van der Waals surface area contributed by atoms with E-state index >= 15 is 0 Å². The smallest absolute Gasteiger partial charge is 0.234 e. The van der Waals surface area contributed by atoms with Crippen LogP contribution >= 0.6 is 23.4 Å². The lowest BCUT2D eigenvalue weighted by Gasteiger charge is -2.13. The van der Waals surface area contributed by atoms with Crippen molar-refractivity contribution in [1.29, 1.82) is 0 Å². The van der Waals surface area contributed by atoms with E-state index < -0.39 is 0 Å². The molecular formula is C22H25ClN4O4S. The predicted molar refractivity (Wildman–Crippen MR) is 125 cm³/mol. The van der Waals surface area contributed by atoms with Gasteiger partial charge in [0.2, 0.25) is 5.91 Å². The van der Waals surface area contributed by atoms with E-state index in [1.807, 2.05) is 42.7 Å². The van der Waals surface area contributed by atoms with Crippen LogP contribution in [-0.2, 0) is 17.9 Å². The Bertz CT molecular complexity index is 1090. The predicted octanol–water partition coefficient (Wildman–Crippen LogP) is 4.59. The quantitative estimate of drug-likeness (QED) is 0.428. The Morgan fingerprint density at radius 1 is 1.16 bits per heavy atom. The molecule has 2 aromatic carbocycles. The number of ether oxygens (including phenoxy) is 3. The SMILES string of the molecule is CCn1c(COc2cccc(C)c2)nnc1SCC(=O)Nc1cc(OC)c(Cl)cc1OC. The van der Waals surface area contributed by atoms with Gasteiger partial charge in [-0.05, 0) is 31.5 Å². The Morgan fingerprint density at radius 3 is 2.62 bits per heavy atom. The van der Waals surface area contributed by atoms with Crippen molar-refractivity contribution in [1.82, 2.24) is 14.8 Å². The first-order chi connectivity index (χ1) is 15.4. The second-order valence-electron chi connectivity index (χ2n) is 6.77. The van der Waals surface area contributed by atoms with Gasteiger partial charge in [0.25, 0.3) is 0 Å². The van der Waals surface area contributed by atoms with Crippen molar-refractivity contribution in [3.05, 3.63) is 52.8 Å². The van der Waals surface area contributed by atoms with Crippen LogP contribution in [0.5, 0.6) is 17.2 Å². The van der Waals surface area contributed by atoms with Crippen molar-refractivity contribution >= 4 is 35.0 Å². The number of nitrogens with one attached hydrogen (secondary N) is 1. The second-order valence-corrected chi connectivity index (χ2v) is 8.12. The monoisotopic (exact) mass is 476 g/mol. The molecule has 3 rings (SSSR count). The molecule has 0 saturated carbocycles. The second kappa shape index (κ2) is 11.1. The average Bonchev–Trinajstić information content (AvgIpc) is 3.19. The molecule has 0 saturated heterocycles. The number of nitrogens with zero attached hydrogens (tertiary/aromatic N) is 3. The van der Waals surface area contributed by atoms with E-state index in [0.717, 1.165) is 11.3 Å². The van der Waals surface area contributed by atoms with E-state index in [1.54, 1.807) is 12.1 Å². The van der Waals surface area contributed by atoms with Crippen molar-refractivity contribution in [3.8, 4) is 17.2 Å². The fourth-order valence-electron chi connectivity index (χ4n) is 2.98. The Hall–Kier alpha value is -2.91. The molecular weight excluding hydrogens is 452 g/mol. The van der Waals surface area contributed by atoms with Crippen molar-refractivity contribution < 1.29 is 19.0 Å². The minimum atomic E-state index is -0.221. The van der Waals surface area contributed by atoms with Crippen molar-refractivity contribution in [2.75, 3.05) is 25.3 Å². The number of aryl methyl sites for hydroxylation is 1. The summed E-state index contributed by atoms with van der Waals surface area (Å²) in [5.74, 6) is 2.28. The summed E-state index contributed by atoms with van der Waals surface area (Å²) in [6.07, 6.45) is 0. The summed E-state index contributed by atoms with van der Waals surface area (Å²) >= 11 is 7.41. The largest absolute Gasteiger partial charge is 0.495 e. The standard InChI is InChI=1S/C22H25ClN4O4S/c1-5-27-20(12-31-15-8-6-7-14(2)9-15)25-26-22(27)32-13-21(28)24-17-11-18(29-3)16(23)10-19(17)30-4/h6-11H,5,12-13H2,1-4H3,(H,24,28). The summed E-state index contributed by atoms with van der Waals surface area (Å²) in [5, 5.41) is 12.3. The Morgan fingerprint density at radius 2 is 1.94 bits per heavy atom. The van der Waals surface area contributed by atoms with Crippen LogP contribution in [0.15, 0.2) is 41.6 Å². The van der Waals surface area contributed by atoms with Gasteiger partial charge in [-0.15, -0.1) is 10.2 Å². The van der Waals surface area contributed by atoms with E-state index in [9.17, 15) is 4.79 Å². The van der Waals surface area contributed by atoms with Crippen LogP contribution in [0.3, 0.4) is 0 Å². The first kappa shape index (κ1) is 23.7. The Kier molecular flexibility index (Phi) is 8.24. The molecule has 1 amide bonds. The molecule has 1 heterocycles. The van der Waals surface area contributed by atoms with E-state index in [2.05, 4.69) is 15.5 Å². The first-order valence-electron chi connectivity index (χ1n) is 9.90. The number of aromatic nitrogens is 3. The fourth-order valence-corrected chi connectivity index (χ4v) is 4.03. The molecule has 0 fully saturated rings. The molecule has 0 aliphatic heterocycles. The van der Waals surface area contributed by atoms with Crippen molar-refractivity contribution in [3.63, 3.8) is 0 Å². The van der Waals surface area contributed by atoms with E-state index in [4.69, 9.17) is 25.8 Å². The molecule has 170 valence electrons. The van der Waals surface area contributed by atoms with Crippen LogP contribution in [0, 0.1) is 6.92 Å². The normalized spacial score (nSPS) is 10.7. The molecule has 10 heteroatoms. The van der Waals surface area contributed by atoms with Gasteiger partial charge in [-0.2, -0.15) is 0 Å². The Balaban J connectivity index is 1.62. The topological polar surface area (TPSA) is 87.5 Å². The maximum absolute atomic E-state index is 12.5. The molecule has 1 N–H and O–H groups in total. The van der Waals surface area contributed by atoms with Crippen LogP contribution in [0.4, 0.5) is 5.69 Å². The van der Waals surface area contributed by atoms with Crippen LogP contribution in [0.2, 0.25) is 5.02 Å². The number of carbonyl (C=O) groups is 1. The minimum Gasteiger partial charge on any atom is -0.495 e. The maximum atomic E-state index is 12.5. The highest BCUT2D eigenvalue weighted by Crippen LogP contribution is 2.36. The number of rotatable bonds is 10. The van der Waals surface area contributed by atoms with Crippen LogP contribution in [-0.4, -0.2) is 40.6 Å². The number of methoxy groups -OCH3 is 2. The fraction of sp³-hybridized carbons (Fsp3) is 0.318. The number of thioether (sulfide) groups is 1. The Labute approximate surface area is 196 Å². The highest BCUT2D eigenvalue weighted by atomic mass is 35.5. The maximum Gasteiger partial charge on any atom is 0.234 e. The van der Waals surface area contributed by atoms with Crippen LogP contribution < -0.4 is 19.5 Å².